The lowest BCUT2D eigenvalue weighted by atomic mass is 9.87. The topological polar surface area (TPSA) is 39.1 Å². The molecule has 18 heavy (non-hydrogen) atoms. The SMILES string of the molecule is CCCn1ncc(OC)c1C(CC(C)(C)C)NC. The molecule has 0 spiro atoms. The Balaban J connectivity index is 3.05. The van der Waals surface area contributed by atoms with Crippen LogP contribution in [0.25, 0.3) is 0 Å². The van der Waals surface area contributed by atoms with Gasteiger partial charge in [-0.3, -0.25) is 4.68 Å². The summed E-state index contributed by atoms with van der Waals surface area (Å²) in [6.45, 7) is 9.86. The normalized spacial score (nSPS) is 13.7. The third kappa shape index (κ3) is 3.73. The molecule has 0 saturated carbocycles. The van der Waals surface area contributed by atoms with Crippen LogP contribution in [-0.2, 0) is 6.54 Å². The Morgan fingerprint density at radius 3 is 2.56 bits per heavy atom. The minimum atomic E-state index is 0.264. The van der Waals surface area contributed by atoms with Crippen molar-refractivity contribution in [1.82, 2.24) is 15.1 Å². The molecule has 0 radical (unpaired) electrons. The van der Waals surface area contributed by atoms with Crippen molar-refractivity contribution >= 4 is 0 Å². The molecule has 1 aromatic heterocycles. The lowest BCUT2D eigenvalue weighted by molar-refractivity contribution is 0.302. The van der Waals surface area contributed by atoms with E-state index in [1.165, 1.54) is 0 Å². The average Bonchev–Trinajstić information content (AvgIpc) is 2.68. The van der Waals surface area contributed by atoms with Gasteiger partial charge >= 0.3 is 0 Å². The van der Waals surface area contributed by atoms with Gasteiger partial charge in [-0.2, -0.15) is 5.10 Å². The number of nitrogens with zero attached hydrogens (tertiary/aromatic N) is 2. The van der Waals surface area contributed by atoms with Gasteiger partial charge in [-0.05, 0) is 25.3 Å². The second kappa shape index (κ2) is 6.23. The van der Waals surface area contributed by atoms with Gasteiger partial charge in [0.25, 0.3) is 0 Å². The second-order valence-corrected chi connectivity index (χ2v) is 5.93. The Bertz CT molecular complexity index is 366. The second-order valence-electron chi connectivity index (χ2n) is 5.93. The molecule has 1 N–H and O–H groups in total. The zero-order valence-electron chi connectivity index (χ0n) is 12.6. The third-order valence-electron chi connectivity index (χ3n) is 3.00. The van der Waals surface area contributed by atoms with Crippen LogP contribution < -0.4 is 10.1 Å². The fraction of sp³-hybridized carbons (Fsp3) is 0.786. The third-order valence-corrected chi connectivity index (χ3v) is 3.00. The van der Waals surface area contributed by atoms with E-state index in [1.54, 1.807) is 7.11 Å². The molecular formula is C14H27N3O. The first-order valence-corrected chi connectivity index (χ1v) is 6.70. The summed E-state index contributed by atoms with van der Waals surface area (Å²) in [6.07, 6.45) is 3.94. The minimum absolute atomic E-state index is 0.264. The van der Waals surface area contributed by atoms with Crippen LogP contribution in [0.15, 0.2) is 6.20 Å². The van der Waals surface area contributed by atoms with Crippen LogP contribution in [0.1, 0.15) is 52.3 Å². The van der Waals surface area contributed by atoms with Crippen molar-refractivity contribution in [3.8, 4) is 5.75 Å². The molecule has 0 saturated heterocycles. The molecule has 1 aromatic rings. The summed E-state index contributed by atoms with van der Waals surface area (Å²) in [5, 5.41) is 7.82. The summed E-state index contributed by atoms with van der Waals surface area (Å²) in [4.78, 5) is 0. The van der Waals surface area contributed by atoms with Gasteiger partial charge < -0.3 is 10.1 Å². The van der Waals surface area contributed by atoms with E-state index < -0.39 is 0 Å². The van der Waals surface area contributed by atoms with E-state index in [0.29, 0.717) is 0 Å². The lowest BCUT2D eigenvalue weighted by Gasteiger charge is -2.26. The van der Waals surface area contributed by atoms with E-state index in [0.717, 1.165) is 30.8 Å². The number of nitrogens with one attached hydrogen (secondary N) is 1. The molecular weight excluding hydrogens is 226 g/mol. The summed E-state index contributed by atoms with van der Waals surface area (Å²) in [5.41, 5.74) is 1.43. The largest absolute Gasteiger partial charge is 0.493 e. The van der Waals surface area contributed by atoms with E-state index in [-0.39, 0.29) is 11.5 Å². The first-order chi connectivity index (χ1) is 8.42. The number of hydrogen-bond acceptors (Lipinski definition) is 3. The van der Waals surface area contributed by atoms with Crippen LogP contribution in [0, 0.1) is 5.41 Å². The van der Waals surface area contributed by atoms with Crippen molar-refractivity contribution in [2.45, 2.75) is 53.1 Å². The monoisotopic (exact) mass is 253 g/mol. The van der Waals surface area contributed by atoms with E-state index in [1.807, 2.05) is 13.2 Å². The maximum atomic E-state index is 5.45. The van der Waals surface area contributed by atoms with E-state index in [2.05, 4.69) is 42.8 Å². The number of aryl methyl sites for hydroxylation is 1. The summed E-state index contributed by atoms with van der Waals surface area (Å²) >= 11 is 0. The van der Waals surface area contributed by atoms with Gasteiger partial charge in [-0.15, -0.1) is 0 Å². The number of ether oxygens (including phenoxy) is 1. The predicted octanol–water partition coefficient (Wildman–Crippen LogP) is 3.00. The molecule has 0 aromatic carbocycles. The summed E-state index contributed by atoms with van der Waals surface area (Å²) in [6, 6.07) is 0.272. The highest BCUT2D eigenvalue weighted by Crippen LogP contribution is 2.33. The number of hydrogen-bond donors (Lipinski definition) is 1. The molecule has 1 heterocycles. The van der Waals surface area contributed by atoms with Gasteiger partial charge in [-0.1, -0.05) is 27.7 Å². The molecule has 1 unspecified atom stereocenters. The Morgan fingerprint density at radius 1 is 1.44 bits per heavy atom. The number of methoxy groups -OCH3 is 1. The standard InChI is InChI=1S/C14H27N3O/c1-7-8-17-13(12(18-6)10-16-17)11(15-5)9-14(2,3)4/h10-11,15H,7-9H2,1-6H3. The van der Waals surface area contributed by atoms with Crippen LogP contribution in [0.4, 0.5) is 0 Å². The van der Waals surface area contributed by atoms with Crippen molar-refractivity contribution in [3.63, 3.8) is 0 Å². The van der Waals surface area contributed by atoms with Gasteiger partial charge in [0.15, 0.2) is 5.75 Å². The smallest absolute Gasteiger partial charge is 0.161 e. The maximum absolute atomic E-state index is 5.45. The molecule has 1 rings (SSSR count). The van der Waals surface area contributed by atoms with E-state index in [9.17, 15) is 0 Å². The predicted molar refractivity (Wildman–Crippen MR) is 74.9 cm³/mol. The van der Waals surface area contributed by atoms with Gasteiger partial charge in [0.2, 0.25) is 0 Å². The summed E-state index contributed by atoms with van der Waals surface area (Å²) in [5.74, 6) is 0.882. The molecule has 4 heteroatoms. The van der Waals surface area contributed by atoms with Crippen LogP contribution in [-0.4, -0.2) is 23.9 Å². The Labute approximate surface area is 111 Å². The zero-order chi connectivity index (χ0) is 13.8. The van der Waals surface area contributed by atoms with E-state index in [4.69, 9.17) is 4.74 Å². The van der Waals surface area contributed by atoms with Crippen molar-refractivity contribution < 1.29 is 4.74 Å². The van der Waals surface area contributed by atoms with Crippen LogP contribution in [0.5, 0.6) is 5.75 Å². The molecule has 4 nitrogen and oxygen atoms in total. The first-order valence-electron chi connectivity index (χ1n) is 6.70. The van der Waals surface area contributed by atoms with Crippen molar-refractivity contribution in [3.05, 3.63) is 11.9 Å². The molecule has 0 aliphatic rings. The van der Waals surface area contributed by atoms with Gasteiger partial charge in [-0.25, -0.2) is 0 Å². The van der Waals surface area contributed by atoms with Gasteiger partial charge in [0, 0.05) is 6.54 Å². The Morgan fingerprint density at radius 2 is 2.11 bits per heavy atom. The van der Waals surface area contributed by atoms with Gasteiger partial charge in [0.05, 0.1) is 25.0 Å². The van der Waals surface area contributed by atoms with Crippen molar-refractivity contribution in [2.24, 2.45) is 5.41 Å². The lowest BCUT2D eigenvalue weighted by Crippen LogP contribution is -2.25. The highest BCUT2D eigenvalue weighted by Gasteiger charge is 2.25. The molecule has 0 fully saturated rings. The highest BCUT2D eigenvalue weighted by atomic mass is 16.5. The van der Waals surface area contributed by atoms with Crippen LogP contribution in [0.2, 0.25) is 0 Å². The minimum Gasteiger partial charge on any atom is -0.493 e. The summed E-state index contributed by atoms with van der Waals surface area (Å²) < 4.78 is 7.51. The molecule has 0 bridgehead atoms. The van der Waals surface area contributed by atoms with Crippen molar-refractivity contribution in [2.75, 3.05) is 14.2 Å². The highest BCUT2D eigenvalue weighted by molar-refractivity contribution is 5.28. The Hall–Kier alpha value is -1.03. The molecule has 0 aliphatic heterocycles. The van der Waals surface area contributed by atoms with E-state index >= 15 is 0 Å². The summed E-state index contributed by atoms with van der Waals surface area (Å²) in [7, 11) is 3.71. The quantitative estimate of drug-likeness (QED) is 0.847. The molecule has 0 amide bonds. The number of rotatable bonds is 6. The number of aromatic nitrogens is 2. The fourth-order valence-corrected chi connectivity index (χ4v) is 2.22. The molecule has 1 atom stereocenters. The average molecular weight is 253 g/mol. The zero-order valence-corrected chi connectivity index (χ0v) is 12.6. The maximum Gasteiger partial charge on any atom is 0.161 e. The fourth-order valence-electron chi connectivity index (χ4n) is 2.22. The van der Waals surface area contributed by atoms with Crippen LogP contribution >= 0.6 is 0 Å². The molecule has 104 valence electrons. The first kappa shape index (κ1) is 15.0. The molecule has 0 aliphatic carbocycles. The van der Waals surface area contributed by atoms with Crippen LogP contribution in [0.3, 0.4) is 0 Å². The van der Waals surface area contributed by atoms with Crippen molar-refractivity contribution in [1.29, 1.82) is 0 Å². The Kier molecular flexibility index (Phi) is 5.20. The van der Waals surface area contributed by atoms with Gasteiger partial charge in [0.1, 0.15) is 0 Å².